The van der Waals surface area contributed by atoms with E-state index in [-0.39, 0.29) is 51.4 Å². The first-order chi connectivity index (χ1) is 20.8. The molecule has 5 rings (SSSR count). The Balaban J connectivity index is 0.00000442. The van der Waals surface area contributed by atoms with Crippen LogP contribution in [0.2, 0.25) is 10.0 Å². The third-order valence-corrected chi connectivity index (χ3v) is 7.43. The van der Waals surface area contributed by atoms with Crippen LogP contribution in [0, 0.1) is 0 Å². The van der Waals surface area contributed by atoms with Gasteiger partial charge in [0.15, 0.2) is 0 Å². The molecule has 13 heteroatoms. The SMILES string of the molecule is Cl.O=C(Nc1c(O)cc(Cl)cc1C(=O)Nc1ccc(Cl)cn1)c1ccc(-c2cccn(CCCN3CCOCC3)c2=O)cc1. The van der Waals surface area contributed by atoms with Gasteiger partial charge in [0.1, 0.15) is 11.6 Å². The van der Waals surface area contributed by atoms with Gasteiger partial charge in [0.05, 0.1) is 29.5 Å². The second-order valence-corrected chi connectivity index (χ2v) is 10.8. The fraction of sp³-hybridized carbons (Fsp3) is 0.226. The minimum Gasteiger partial charge on any atom is -0.506 e. The van der Waals surface area contributed by atoms with Gasteiger partial charge in [0.2, 0.25) is 0 Å². The average Bonchev–Trinajstić information content (AvgIpc) is 3.01. The summed E-state index contributed by atoms with van der Waals surface area (Å²) in [5.74, 6) is -1.39. The van der Waals surface area contributed by atoms with Crippen molar-refractivity contribution >= 4 is 58.9 Å². The lowest BCUT2D eigenvalue weighted by Crippen LogP contribution is -2.37. The number of nitrogens with zero attached hydrogens (tertiary/aromatic N) is 3. The number of pyridine rings is 2. The van der Waals surface area contributed by atoms with Gasteiger partial charge in [-0.3, -0.25) is 19.3 Å². The van der Waals surface area contributed by atoms with E-state index in [1.54, 1.807) is 47.2 Å². The summed E-state index contributed by atoms with van der Waals surface area (Å²) in [7, 11) is 0. The number of phenolic OH excluding ortho intramolecular Hbond substituents is 1. The largest absolute Gasteiger partial charge is 0.506 e. The van der Waals surface area contributed by atoms with Gasteiger partial charge in [-0.1, -0.05) is 35.3 Å². The number of benzene rings is 2. The zero-order valence-corrected chi connectivity index (χ0v) is 25.8. The van der Waals surface area contributed by atoms with Crippen molar-refractivity contribution in [2.75, 3.05) is 43.5 Å². The first-order valence-corrected chi connectivity index (χ1v) is 14.4. The number of anilines is 2. The van der Waals surface area contributed by atoms with Gasteiger partial charge < -0.3 is 25.0 Å². The number of halogens is 3. The molecule has 0 bridgehead atoms. The van der Waals surface area contributed by atoms with Crippen LogP contribution in [0.3, 0.4) is 0 Å². The molecule has 2 aromatic carbocycles. The topological polar surface area (TPSA) is 126 Å². The summed E-state index contributed by atoms with van der Waals surface area (Å²) in [4.78, 5) is 45.7. The van der Waals surface area contributed by atoms with E-state index >= 15 is 0 Å². The molecule has 1 saturated heterocycles. The maximum Gasteiger partial charge on any atom is 0.259 e. The molecule has 1 aliphatic rings. The van der Waals surface area contributed by atoms with Crippen molar-refractivity contribution in [3.05, 3.63) is 105 Å². The van der Waals surface area contributed by atoms with Crippen LogP contribution in [0.15, 0.2) is 77.9 Å². The number of nitrogens with one attached hydrogen (secondary N) is 2. The molecule has 2 amide bonds. The van der Waals surface area contributed by atoms with Crippen molar-refractivity contribution < 1.29 is 19.4 Å². The third-order valence-electron chi connectivity index (χ3n) is 6.99. The van der Waals surface area contributed by atoms with E-state index in [1.165, 1.54) is 24.4 Å². The lowest BCUT2D eigenvalue weighted by atomic mass is 10.0. The van der Waals surface area contributed by atoms with Gasteiger partial charge in [-0.05, 0) is 54.4 Å². The molecule has 0 saturated carbocycles. The van der Waals surface area contributed by atoms with Crippen molar-refractivity contribution in [3.63, 3.8) is 0 Å². The average molecular weight is 659 g/mol. The zero-order chi connectivity index (χ0) is 30.3. The maximum absolute atomic E-state index is 13.2. The van der Waals surface area contributed by atoms with Crippen LogP contribution < -0.4 is 16.2 Å². The molecule has 0 aliphatic carbocycles. The minimum absolute atomic E-state index is 0. The van der Waals surface area contributed by atoms with E-state index < -0.39 is 11.8 Å². The predicted octanol–water partition coefficient (Wildman–Crippen LogP) is 5.57. The normalized spacial score (nSPS) is 13.1. The Morgan fingerprint density at radius 3 is 2.39 bits per heavy atom. The highest BCUT2D eigenvalue weighted by Gasteiger charge is 2.20. The highest BCUT2D eigenvalue weighted by molar-refractivity contribution is 6.32. The van der Waals surface area contributed by atoms with E-state index in [0.29, 0.717) is 22.7 Å². The van der Waals surface area contributed by atoms with Crippen LogP contribution in [-0.4, -0.2) is 64.2 Å². The highest BCUT2D eigenvalue weighted by atomic mass is 35.5. The molecule has 1 fully saturated rings. The van der Waals surface area contributed by atoms with Crippen molar-refractivity contribution in [3.8, 4) is 16.9 Å². The lowest BCUT2D eigenvalue weighted by molar-refractivity contribution is 0.0369. The Morgan fingerprint density at radius 2 is 1.68 bits per heavy atom. The minimum atomic E-state index is -0.649. The Labute approximate surface area is 270 Å². The summed E-state index contributed by atoms with van der Waals surface area (Å²) in [6.07, 6.45) is 3.99. The van der Waals surface area contributed by atoms with E-state index in [9.17, 15) is 19.5 Å². The number of aromatic hydroxyl groups is 1. The Hall–Kier alpha value is -3.93. The number of hydrogen-bond donors (Lipinski definition) is 3. The van der Waals surface area contributed by atoms with Gasteiger partial charge in [-0.25, -0.2) is 4.98 Å². The van der Waals surface area contributed by atoms with E-state index in [2.05, 4.69) is 20.5 Å². The number of ether oxygens (including phenoxy) is 1. The van der Waals surface area contributed by atoms with Crippen LogP contribution in [0.4, 0.5) is 11.5 Å². The summed E-state index contributed by atoms with van der Waals surface area (Å²) < 4.78 is 7.09. The number of phenols is 1. The smallest absolute Gasteiger partial charge is 0.259 e. The number of carbonyl (C=O) groups excluding carboxylic acids is 2. The monoisotopic (exact) mass is 657 g/mol. The van der Waals surface area contributed by atoms with Gasteiger partial charge in [-0.2, -0.15) is 0 Å². The number of morpholine rings is 1. The van der Waals surface area contributed by atoms with Crippen LogP contribution in [-0.2, 0) is 11.3 Å². The predicted molar refractivity (Wildman–Crippen MR) is 174 cm³/mol. The van der Waals surface area contributed by atoms with Crippen molar-refractivity contribution in [1.82, 2.24) is 14.5 Å². The maximum atomic E-state index is 13.2. The molecule has 44 heavy (non-hydrogen) atoms. The van der Waals surface area contributed by atoms with Crippen LogP contribution in [0.5, 0.6) is 5.75 Å². The fourth-order valence-electron chi connectivity index (χ4n) is 4.75. The molecule has 0 radical (unpaired) electrons. The van der Waals surface area contributed by atoms with Crippen molar-refractivity contribution in [1.29, 1.82) is 0 Å². The number of rotatable bonds is 9. The van der Waals surface area contributed by atoms with Crippen LogP contribution in [0.25, 0.3) is 11.1 Å². The van der Waals surface area contributed by atoms with Crippen LogP contribution >= 0.6 is 35.6 Å². The molecular formula is C31H30Cl3N5O5. The Bertz CT molecular complexity index is 1670. The quantitative estimate of drug-likeness (QED) is 0.201. The van der Waals surface area contributed by atoms with E-state index in [4.69, 9.17) is 27.9 Å². The van der Waals surface area contributed by atoms with E-state index in [1.807, 2.05) is 6.07 Å². The number of aromatic nitrogens is 2. The number of hydrogen-bond acceptors (Lipinski definition) is 7. The lowest BCUT2D eigenvalue weighted by Gasteiger charge is -2.26. The van der Waals surface area contributed by atoms with Crippen molar-refractivity contribution in [2.24, 2.45) is 0 Å². The number of carbonyl (C=O) groups is 2. The molecule has 4 aromatic rings. The van der Waals surface area contributed by atoms with Crippen LogP contribution in [0.1, 0.15) is 27.1 Å². The van der Waals surface area contributed by atoms with Crippen molar-refractivity contribution in [2.45, 2.75) is 13.0 Å². The molecule has 2 aromatic heterocycles. The molecule has 0 unspecified atom stereocenters. The summed E-state index contributed by atoms with van der Waals surface area (Å²) in [5, 5.41) is 16.2. The Morgan fingerprint density at radius 1 is 0.932 bits per heavy atom. The first kappa shape index (κ1) is 33.0. The summed E-state index contributed by atoms with van der Waals surface area (Å²) in [5.41, 5.74) is 1.14. The molecule has 10 nitrogen and oxygen atoms in total. The number of amides is 2. The zero-order valence-electron chi connectivity index (χ0n) is 23.5. The summed E-state index contributed by atoms with van der Waals surface area (Å²) in [6.45, 7) is 4.78. The second kappa shape index (κ2) is 15.2. The third kappa shape index (κ3) is 8.16. The van der Waals surface area contributed by atoms with Gasteiger partial charge in [0.25, 0.3) is 17.4 Å². The Kier molecular flexibility index (Phi) is 11.4. The molecule has 1 aliphatic heterocycles. The molecule has 230 valence electrons. The van der Waals surface area contributed by atoms with E-state index in [0.717, 1.165) is 39.3 Å². The fourth-order valence-corrected chi connectivity index (χ4v) is 5.07. The number of aryl methyl sites for hydroxylation is 1. The standard InChI is InChI=1S/C31H29Cl2N5O5.ClH/c32-22-8-9-27(34-19-22)35-30(41)25-17-23(33)18-26(39)28(25)36-29(40)21-6-4-20(5-7-21)24-3-1-11-38(31(24)42)12-2-10-37-13-15-43-16-14-37;/h1,3-9,11,17-19,39H,2,10,12-16H2,(H,36,40)(H,34,35,41);1H. The molecular weight excluding hydrogens is 629 g/mol. The molecule has 0 spiro atoms. The summed E-state index contributed by atoms with van der Waals surface area (Å²) in [6, 6.07) is 15.7. The van der Waals surface area contributed by atoms with Gasteiger partial charge in [0, 0.05) is 60.8 Å². The van der Waals surface area contributed by atoms with Gasteiger partial charge >= 0.3 is 0 Å². The van der Waals surface area contributed by atoms with Gasteiger partial charge in [-0.15, -0.1) is 12.4 Å². The summed E-state index contributed by atoms with van der Waals surface area (Å²) >= 11 is 11.9. The highest BCUT2D eigenvalue weighted by Crippen LogP contribution is 2.32. The first-order valence-electron chi connectivity index (χ1n) is 13.7. The molecule has 0 atom stereocenters. The molecule has 3 N–H and O–H groups in total. The molecule has 3 heterocycles. The second-order valence-electron chi connectivity index (χ2n) is 9.92.